The van der Waals surface area contributed by atoms with Crippen molar-refractivity contribution in [1.29, 1.82) is 0 Å². The van der Waals surface area contributed by atoms with Gasteiger partial charge in [0.15, 0.2) is 0 Å². The monoisotopic (exact) mass is 259 g/mol. The first kappa shape index (κ1) is 15.3. The minimum atomic E-state index is -0.463. The highest BCUT2D eigenvalue weighted by Crippen LogP contribution is 2.03. The van der Waals surface area contributed by atoms with Crippen molar-refractivity contribution in [3.05, 3.63) is 35.9 Å². The summed E-state index contributed by atoms with van der Waals surface area (Å²) in [6, 6.07) is 10.1. The van der Waals surface area contributed by atoms with E-state index in [1.165, 1.54) is 5.56 Å². The van der Waals surface area contributed by atoms with Gasteiger partial charge in [0.05, 0.1) is 12.6 Å². The van der Waals surface area contributed by atoms with E-state index in [-0.39, 0.29) is 6.04 Å². The van der Waals surface area contributed by atoms with Crippen molar-refractivity contribution in [2.45, 2.75) is 33.4 Å². The Balaban J connectivity index is 2.56. The smallest absolute Gasteiger partial charge is 0.384 e. The molecule has 1 aromatic carbocycles. The molecule has 3 heteroatoms. The van der Waals surface area contributed by atoms with Gasteiger partial charge in [0, 0.05) is 12.5 Å². The lowest BCUT2D eigenvalue weighted by molar-refractivity contribution is -0.136. The number of nitrogens with one attached hydrogen (secondary N) is 1. The van der Waals surface area contributed by atoms with Gasteiger partial charge in [0.1, 0.15) is 0 Å². The summed E-state index contributed by atoms with van der Waals surface area (Å²) < 4.78 is 4.79. The highest BCUT2D eigenvalue weighted by molar-refractivity contribution is 5.88. The van der Waals surface area contributed by atoms with Crippen molar-refractivity contribution in [3.8, 4) is 11.8 Å². The van der Waals surface area contributed by atoms with Crippen molar-refractivity contribution < 1.29 is 9.53 Å². The van der Waals surface area contributed by atoms with Gasteiger partial charge in [-0.25, -0.2) is 4.79 Å². The summed E-state index contributed by atoms with van der Waals surface area (Å²) in [5.74, 6) is 5.33. The van der Waals surface area contributed by atoms with E-state index in [4.69, 9.17) is 4.74 Å². The number of carbonyl (C=O) groups excluding carboxylic acids is 1. The average Bonchev–Trinajstić information content (AvgIpc) is 2.39. The van der Waals surface area contributed by atoms with Crippen LogP contribution in [0.1, 0.15) is 26.3 Å². The standard InChI is InChI=1S/C16H21NO2/c1-4-19-16(18)11-10-15(13(2)3)17-12-14-8-6-5-7-9-14/h5-9,13,15,17H,4,12H2,1-3H3. The van der Waals surface area contributed by atoms with Gasteiger partial charge in [0.2, 0.25) is 0 Å². The van der Waals surface area contributed by atoms with Crippen LogP contribution in [0.5, 0.6) is 0 Å². The maximum atomic E-state index is 11.2. The quantitative estimate of drug-likeness (QED) is 0.501. The number of esters is 1. The molecule has 3 nitrogen and oxygen atoms in total. The maximum absolute atomic E-state index is 11.2. The SMILES string of the molecule is CCOC(=O)C#CC(NCc1ccccc1)C(C)C. The minimum Gasteiger partial charge on any atom is -0.456 e. The van der Waals surface area contributed by atoms with E-state index >= 15 is 0 Å². The fraction of sp³-hybridized carbons (Fsp3) is 0.438. The van der Waals surface area contributed by atoms with Gasteiger partial charge in [0.25, 0.3) is 0 Å². The molecule has 0 saturated heterocycles. The van der Waals surface area contributed by atoms with Crippen LogP contribution in [0.4, 0.5) is 0 Å². The third-order valence-corrected chi connectivity index (χ3v) is 2.64. The molecule has 1 atom stereocenters. The Labute approximate surface area is 115 Å². The average molecular weight is 259 g/mol. The molecule has 0 amide bonds. The van der Waals surface area contributed by atoms with Gasteiger partial charge < -0.3 is 4.74 Å². The van der Waals surface area contributed by atoms with Crippen LogP contribution in [0, 0.1) is 17.8 Å². The van der Waals surface area contributed by atoms with Crippen molar-refractivity contribution >= 4 is 5.97 Å². The second kappa shape index (κ2) is 8.34. The molecule has 0 aromatic heterocycles. The maximum Gasteiger partial charge on any atom is 0.384 e. The zero-order chi connectivity index (χ0) is 14.1. The van der Waals surface area contributed by atoms with Crippen molar-refractivity contribution in [2.24, 2.45) is 5.92 Å². The molecular formula is C16H21NO2. The molecular weight excluding hydrogens is 238 g/mol. The van der Waals surface area contributed by atoms with Gasteiger partial charge in [-0.05, 0) is 18.4 Å². The molecule has 0 aliphatic heterocycles. The molecule has 0 aliphatic carbocycles. The van der Waals surface area contributed by atoms with E-state index in [9.17, 15) is 4.79 Å². The molecule has 1 unspecified atom stereocenters. The van der Waals surface area contributed by atoms with Crippen LogP contribution in [0.3, 0.4) is 0 Å². The van der Waals surface area contributed by atoms with Crippen molar-refractivity contribution in [3.63, 3.8) is 0 Å². The lowest BCUT2D eigenvalue weighted by Crippen LogP contribution is -2.32. The topological polar surface area (TPSA) is 38.3 Å². The summed E-state index contributed by atoms with van der Waals surface area (Å²) in [4.78, 5) is 11.2. The summed E-state index contributed by atoms with van der Waals surface area (Å²) in [6.07, 6.45) is 0. The van der Waals surface area contributed by atoms with Crippen LogP contribution < -0.4 is 5.32 Å². The Morgan fingerprint density at radius 2 is 2.00 bits per heavy atom. The number of benzene rings is 1. The second-order valence-electron chi connectivity index (χ2n) is 4.58. The summed E-state index contributed by atoms with van der Waals surface area (Å²) >= 11 is 0. The van der Waals surface area contributed by atoms with Gasteiger partial charge in [-0.15, -0.1) is 0 Å². The van der Waals surface area contributed by atoms with Crippen LogP contribution in [-0.2, 0) is 16.1 Å². The Morgan fingerprint density at radius 1 is 1.32 bits per heavy atom. The highest BCUT2D eigenvalue weighted by atomic mass is 16.5. The van der Waals surface area contributed by atoms with E-state index in [2.05, 4.69) is 43.1 Å². The van der Waals surface area contributed by atoms with Gasteiger partial charge in [-0.3, -0.25) is 5.32 Å². The van der Waals surface area contributed by atoms with Crippen LogP contribution in [0.15, 0.2) is 30.3 Å². The van der Waals surface area contributed by atoms with E-state index < -0.39 is 5.97 Å². The molecule has 0 heterocycles. The minimum absolute atomic E-state index is 0.0235. The Morgan fingerprint density at radius 3 is 2.58 bits per heavy atom. The highest BCUT2D eigenvalue weighted by Gasteiger charge is 2.09. The molecule has 0 aliphatic rings. The lowest BCUT2D eigenvalue weighted by atomic mass is 10.0. The van der Waals surface area contributed by atoms with Crippen molar-refractivity contribution in [1.82, 2.24) is 5.32 Å². The summed E-state index contributed by atoms with van der Waals surface area (Å²) in [7, 11) is 0. The van der Waals surface area contributed by atoms with Crippen LogP contribution >= 0.6 is 0 Å². The largest absolute Gasteiger partial charge is 0.456 e. The van der Waals surface area contributed by atoms with Crippen LogP contribution in [0.2, 0.25) is 0 Å². The molecule has 0 radical (unpaired) electrons. The predicted molar refractivity (Wildman–Crippen MR) is 76.3 cm³/mol. The Kier molecular flexibility index (Phi) is 6.70. The number of hydrogen-bond acceptors (Lipinski definition) is 3. The number of rotatable bonds is 5. The first-order valence-corrected chi connectivity index (χ1v) is 6.59. The van der Waals surface area contributed by atoms with E-state index in [1.54, 1.807) is 6.92 Å². The van der Waals surface area contributed by atoms with Crippen molar-refractivity contribution in [2.75, 3.05) is 6.61 Å². The van der Waals surface area contributed by atoms with E-state index in [1.807, 2.05) is 18.2 Å². The van der Waals surface area contributed by atoms with Gasteiger partial charge >= 0.3 is 5.97 Å². The molecule has 0 bridgehead atoms. The summed E-state index contributed by atoms with van der Waals surface area (Å²) in [6.45, 7) is 7.01. The first-order valence-electron chi connectivity index (χ1n) is 6.59. The van der Waals surface area contributed by atoms with Crippen LogP contribution in [0.25, 0.3) is 0 Å². The lowest BCUT2D eigenvalue weighted by Gasteiger charge is -2.16. The molecule has 0 saturated carbocycles. The molecule has 1 aromatic rings. The normalized spacial score (nSPS) is 11.6. The zero-order valence-electron chi connectivity index (χ0n) is 11.8. The molecule has 1 rings (SSSR count). The number of carbonyl (C=O) groups is 1. The van der Waals surface area contributed by atoms with E-state index in [0.717, 1.165) is 6.54 Å². The molecule has 1 N–H and O–H groups in total. The van der Waals surface area contributed by atoms with E-state index in [0.29, 0.717) is 12.5 Å². The summed E-state index contributed by atoms with van der Waals surface area (Å²) in [5.41, 5.74) is 1.20. The fourth-order valence-corrected chi connectivity index (χ4v) is 1.58. The molecule has 102 valence electrons. The molecule has 19 heavy (non-hydrogen) atoms. The zero-order valence-corrected chi connectivity index (χ0v) is 11.8. The Bertz CT molecular complexity index is 443. The summed E-state index contributed by atoms with van der Waals surface area (Å²) in [5, 5.41) is 3.35. The van der Waals surface area contributed by atoms with Gasteiger partial charge in [-0.1, -0.05) is 50.1 Å². The second-order valence-corrected chi connectivity index (χ2v) is 4.58. The molecule has 0 fully saturated rings. The third kappa shape index (κ3) is 6.08. The molecule has 0 spiro atoms. The van der Waals surface area contributed by atoms with Crippen LogP contribution in [-0.4, -0.2) is 18.6 Å². The Hall–Kier alpha value is -1.79. The number of hydrogen-bond donors (Lipinski definition) is 1. The third-order valence-electron chi connectivity index (χ3n) is 2.64. The number of ether oxygens (including phenoxy) is 1. The first-order chi connectivity index (χ1) is 9.13. The predicted octanol–water partition coefficient (Wildman–Crippen LogP) is 2.37. The van der Waals surface area contributed by atoms with Gasteiger partial charge in [-0.2, -0.15) is 0 Å². The fourth-order valence-electron chi connectivity index (χ4n) is 1.58.